The van der Waals surface area contributed by atoms with Crippen LogP contribution in [-0.2, 0) is 10.9 Å². The van der Waals surface area contributed by atoms with Gasteiger partial charge in [-0.05, 0) is 25.5 Å². The van der Waals surface area contributed by atoms with Gasteiger partial charge in [0.05, 0.1) is 24.0 Å². The van der Waals surface area contributed by atoms with Crippen LogP contribution in [0.1, 0.15) is 24.5 Å². The number of hydrogen-bond acceptors (Lipinski definition) is 6. The molecular formula is C16H18F3N5O2. The minimum absolute atomic E-state index is 0.00914. The van der Waals surface area contributed by atoms with E-state index < -0.39 is 17.8 Å². The summed E-state index contributed by atoms with van der Waals surface area (Å²) in [6.45, 7) is 2.73. The van der Waals surface area contributed by atoms with Crippen molar-refractivity contribution >= 4 is 23.8 Å². The van der Waals surface area contributed by atoms with Gasteiger partial charge < -0.3 is 15.4 Å². The number of hydrogen-bond donors (Lipinski definition) is 3. The van der Waals surface area contributed by atoms with Gasteiger partial charge in [0.15, 0.2) is 0 Å². The maximum Gasteiger partial charge on any atom is 0.428 e. The van der Waals surface area contributed by atoms with E-state index >= 15 is 0 Å². The number of ether oxygens (including phenoxy) is 1. The van der Waals surface area contributed by atoms with E-state index in [4.69, 9.17) is 4.74 Å². The van der Waals surface area contributed by atoms with Gasteiger partial charge in [0.25, 0.3) is 0 Å². The van der Waals surface area contributed by atoms with E-state index in [1.165, 1.54) is 12.1 Å². The minimum atomic E-state index is -4.53. The van der Waals surface area contributed by atoms with E-state index in [-0.39, 0.29) is 29.1 Å². The standard InChI is InChI=1S/C16H18F3N5O2/c1-15(8-20-9-22-15)4-5-21-12-3-2-10(6-11(12)16(17,18)19)13-7-26-14(25)24-23-13/h2-3,6,9,21H,4-5,7-8H2,1H3,(H,20,22)(H,24,25). The zero-order valence-electron chi connectivity index (χ0n) is 14.0. The summed E-state index contributed by atoms with van der Waals surface area (Å²) in [4.78, 5) is 15.0. The summed E-state index contributed by atoms with van der Waals surface area (Å²) >= 11 is 0. The molecule has 140 valence electrons. The summed E-state index contributed by atoms with van der Waals surface area (Å²) < 4.78 is 45.1. The van der Waals surface area contributed by atoms with E-state index in [2.05, 4.69) is 26.2 Å². The molecule has 1 aromatic rings. The summed E-state index contributed by atoms with van der Waals surface area (Å²) in [6.07, 6.45) is -3.04. The second-order valence-electron chi connectivity index (χ2n) is 6.36. The van der Waals surface area contributed by atoms with Crippen molar-refractivity contribution in [3.63, 3.8) is 0 Å². The molecule has 2 heterocycles. The third-order valence-electron chi connectivity index (χ3n) is 4.22. The monoisotopic (exact) mass is 369 g/mol. The molecule has 26 heavy (non-hydrogen) atoms. The molecular weight excluding hydrogens is 351 g/mol. The van der Waals surface area contributed by atoms with Crippen LogP contribution in [0.5, 0.6) is 0 Å². The number of aliphatic imine (C=N–C) groups is 1. The Hall–Kier alpha value is -2.78. The maximum atomic E-state index is 13.4. The molecule has 2 aliphatic rings. The summed E-state index contributed by atoms with van der Waals surface area (Å²) in [5.41, 5.74) is 1.49. The lowest BCUT2D eigenvalue weighted by molar-refractivity contribution is -0.137. The van der Waals surface area contributed by atoms with Crippen molar-refractivity contribution < 1.29 is 22.7 Å². The van der Waals surface area contributed by atoms with Gasteiger partial charge >= 0.3 is 12.3 Å². The molecule has 1 aromatic carbocycles. The highest BCUT2D eigenvalue weighted by Gasteiger charge is 2.34. The van der Waals surface area contributed by atoms with Crippen LogP contribution in [-0.4, -0.2) is 43.4 Å². The highest BCUT2D eigenvalue weighted by Crippen LogP contribution is 2.36. The number of carbonyl (C=O) groups is 1. The molecule has 2 aliphatic heterocycles. The van der Waals surface area contributed by atoms with Crippen molar-refractivity contribution in [2.24, 2.45) is 10.1 Å². The van der Waals surface area contributed by atoms with Crippen molar-refractivity contribution in [2.75, 3.05) is 25.0 Å². The smallest absolute Gasteiger partial charge is 0.428 e. The van der Waals surface area contributed by atoms with Gasteiger partial charge in [-0.2, -0.15) is 18.3 Å². The Labute approximate surface area is 147 Å². The van der Waals surface area contributed by atoms with Gasteiger partial charge in [-0.3, -0.25) is 4.99 Å². The molecule has 1 unspecified atom stereocenters. The zero-order valence-corrected chi connectivity index (χ0v) is 14.0. The van der Waals surface area contributed by atoms with Crippen molar-refractivity contribution in [3.05, 3.63) is 29.3 Å². The molecule has 3 N–H and O–H groups in total. The third kappa shape index (κ3) is 4.06. The first-order chi connectivity index (χ1) is 12.3. The fourth-order valence-corrected chi connectivity index (χ4v) is 2.69. The second kappa shape index (κ2) is 6.85. The van der Waals surface area contributed by atoms with Gasteiger partial charge in [0, 0.05) is 17.8 Å². The Morgan fingerprint density at radius 3 is 2.81 bits per heavy atom. The molecule has 10 heteroatoms. The van der Waals surface area contributed by atoms with E-state index in [1.54, 1.807) is 6.34 Å². The number of alkyl halides is 3. The van der Waals surface area contributed by atoms with Gasteiger partial charge in [-0.15, -0.1) is 0 Å². The summed E-state index contributed by atoms with van der Waals surface area (Å²) in [7, 11) is 0. The quantitative estimate of drug-likeness (QED) is 0.744. The number of carbonyl (C=O) groups excluding carboxylic acids is 1. The molecule has 1 amide bonds. The molecule has 0 saturated carbocycles. The highest BCUT2D eigenvalue weighted by atomic mass is 19.4. The largest absolute Gasteiger partial charge is 0.442 e. The van der Waals surface area contributed by atoms with Crippen molar-refractivity contribution in [1.29, 1.82) is 0 Å². The van der Waals surface area contributed by atoms with Crippen LogP contribution in [0.2, 0.25) is 0 Å². The molecule has 3 rings (SSSR count). The predicted octanol–water partition coefficient (Wildman–Crippen LogP) is 2.34. The first-order valence-electron chi connectivity index (χ1n) is 7.98. The average molecular weight is 369 g/mol. The molecule has 0 aromatic heterocycles. The Bertz CT molecular complexity index is 753. The van der Waals surface area contributed by atoms with Crippen LogP contribution in [0, 0.1) is 0 Å². The van der Waals surface area contributed by atoms with E-state index in [9.17, 15) is 18.0 Å². The fraction of sp³-hybridized carbons (Fsp3) is 0.438. The Kier molecular flexibility index (Phi) is 4.75. The predicted molar refractivity (Wildman–Crippen MR) is 90.5 cm³/mol. The fourth-order valence-electron chi connectivity index (χ4n) is 2.69. The number of rotatable bonds is 5. The average Bonchev–Trinajstić information content (AvgIpc) is 3.02. The molecule has 0 aliphatic carbocycles. The van der Waals surface area contributed by atoms with Gasteiger partial charge in [-0.1, -0.05) is 6.07 Å². The van der Waals surface area contributed by atoms with Crippen LogP contribution >= 0.6 is 0 Å². The first-order valence-corrected chi connectivity index (χ1v) is 7.98. The van der Waals surface area contributed by atoms with Crippen LogP contribution in [0.4, 0.5) is 23.7 Å². The van der Waals surface area contributed by atoms with Crippen LogP contribution in [0.15, 0.2) is 28.3 Å². The lowest BCUT2D eigenvalue weighted by atomic mass is 9.99. The summed E-state index contributed by atoms with van der Waals surface area (Å²) in [5, 5.41) is 9.69. The normalized spacial score (nSPS) is 22.3. The van der Waals surface area contributed by atoms with Crippen molar-refractivity contribution in [2.45, 2.75) is 25.1 Å². The number of nitrogens with zero attached hydrogens (tertiary/aromatic N) is 2. The molecule has 0 spiro atoms. The number of amides is 1. The van der Waals surface area contributed by atoms with E-state index in [0.29, 0.717) is 19.5 Å². The number of anilines is 1. The van der Waals surface area contributed by atoms with Crippen LogP contribution in [0.3, 0.4) is 0 Å². The molecule has 0 bridgehead atoms. The Balaban J connectivity index is 1.76. The van der Waals surface area contributed by atoms with Gasteiger partial charge in [0.1, 0.15) is 12.3 Å². The number of halogens is 3. The van der Waals surface area contributed by atoms with Gasteiger partial charge in [-0.25, -0.2) is 10.2 Å². The number of cyclic esters (lactones) is 1. The number of hydrazone groups is 1. The van der Waals surface area contributed by atoms with Crippen LogP contribution in [0.25, 0.3) is 0 Å². The number of benzene rings is 1. The zero-order chi connectivity index (χ0) is 18.8. The first kappa shape index (κ1) is 18.0. The topological polar surface area (TPSA) is 87.1 Å². The Morgan fingerprint density at radius 2 is 2.19 bits per heavy atom. The lowest BCUT2D eigenvalue weighted by Gasteiger charge is -2.24. The third-order valence-corrected chi connectivity index (χ3v) is 4.22. The Morgan fingerprint density at radius 1 is 1.38 bits per heavy atom. The van der Waals surface area contributed by atoms with Gasteiger partial charge in [0.2, 0.25) is 0 Å². The highest BCUT2D eigenvalue weighted by molar-refractivity contribution is 6.04. The summed E-state index contributed by atoms with van der Waals surface area (Å²) in [5.74, 6) is 0. The maximum absolute atomic E-state index is 13.4. The molecule has 0 radical (unpaired) electrons. The van der Waals surface area contributed by atoms with Crippen LogP contribution < -0.4 is 16.1 Å². The summed E-state index contributed by atoms with van der Waals surface area (Å²) in [6, 6.07) is 3.87. The number of nitrogens with one attached hydrogen (secondary N) is 3. The second-order valence-corrected chi connectivity index (χ2v) is 6.36. The van der Waals surface area contributed by atoms with E-state index in [0.717, 1.165) is 6.07 Å². The molecule has 0 fully saturated rings. The molecule has 0 saturated heterocycles. The minimum Gasteiger partial charge on any atom is -0.442 e. The van der Waals surface area contributed by atoms with Crippen molar-refractivity contribution in [3.8, 4) is 0 Å². The molecule has 1 atom stereocenters. The van der Waals surface area contributed by atoms with E-state index in [1.807, 2.05) is 6.92 Å². The molecule has 7 nitrogen and oxygen atoms in total. The SMILES string of the molecule is CC1(CCNc2ccc(C3=NNC(=O)OC3)cc2C(F)(F)F)CN=CN1. The lowest BCUT2D eigenvalue weighted by Crippen LogP contribution is -2.41. The van der Waals surface area contributed by atoms with Crippen molar-refractivity contribution in [1.82, 2.24) is 10.7 Å².